The van der Waals surface area contributed by atoms with Crippen molar-refractivity contribution < 1.29 is 14.3 Å². The molecule has 0 aliphatic carbocycles. The van der Waals surface area contributed by atoms with Crippen LogP contribution in [0, 0.1) is 0 Å². The predicted octanol–water partition coefficient (Wildman–Crippen LogP) is 1.33. The minimum absolute atomic E-state index is 0.0910. The van der Waals surface area contributed by atoms with Gasteiger partial charge in [0, 0.05) is 4.88 Å². The van der Waals surface area contributed by atoms with Gasteiger partial charge >= 0.3 is 11.9 Å². The maximum absolute atomic E-state index is 12.1. The fourth-order valence-corrected chi connectivity index (χ4v) is 2.96. The summed E-state index contributed by atoms with van der Waals surface area (Å²) in [4.78, 5) is 24.1. The molecular weight excluding hydrogens is 258 g/mol. The summed E-state index contributed by atoms with van der Waals surface area (Å²) in [6.45, 7) is 0.752. The van der Waals surface area contributed by atoms with Crippen molar-refractivity contribution in [1.29, 1.82) is 0 Å². The van der Waals surface area contributed by atoms with Crippen molar-refractivity contribution >= 4 is 35.9 Å². The fraction of sp³-hybridized carbons (Fsp3) is 0.455. The lowest BCUT2D eigenvalue weighted by Crippen LogP contribution is -2.46. The number of esters is 2. The Balaban J connectivity index is 2.23. The number of hydrogen-bond acceptors (Lipinski definition) is 6. The molecule has 1 fully saturated rings. The van der Waals surface area contributed by atoms with E-state index in [0.29, 0.717) is 6.42 Å². The Morgan fingerprint density at radius 3 is 2.94 bits per heavy atom. The fourth-order valence-electron chi connectivity index (χ4n) is 1.97. The number of nitrogens with one attached hydrogen (secondary N) is 1. The topological polar surface area (TPSA) is 55.4 Å². The highest BCUT2D eigenvalue weighted by Crippen LogP contribution is 2.35. The average molecular weight is 271 g/mol. The summed E-state index contributed by atoms with van der Waals surface area (Å²) in [7, 11) is 0. The van der Waals surface area contributed by atoms with Crippen LogP contribution in [0.3, 0.4) is 0 Å². The molecule has 4 nitrogen and oxygen atoms in total. The van der Waals surface area contributed by atoms with Crippen molar-refractivity contribution in [3.8, 4) is 0 Å². The third kappa shape index (κ3) is 2.38. The molecule has 2 rings (SSSR count). The molecule has 1 aromatic heterocycles. The van der Waals surface area contributed by atoms with Crippen LogP contribution in [-0.2, 0) is 19.9 Å². The first kappa shape index (κ1) is 12.6. The van der Waals surface area contributed by atoms with Crippen LogP contribution >= 0.6 is 24.0 Å². The maximum atomic E-state index is 12.1. The number of rotatable bonds is 3. The molecule has 0 bridgehead atoms. The van der Waals surface area contributed by atoms with Crippen molar-refractivity contribution in [2.45, 2.75) is 18.4 Å². The van der Waals surface area contributed by atoms with E-state index in [1.54, 1.807) is 0 Å². The number of thiophene rings is 1. The monoisotopic (exact) mass is 271 g/mol. The van der Waals surface area contributed by atoms with Crippen molar-refractivity contribution in [3.05, 3.63) is 22.4 Å². The van der Waals surface area contributed by atoms with Crippen LogP contribution in [0.4, 0.5) is 0 Å². The summed E-state index contributed by atoms with van der Waals surface area (Å²) in [5.41, 5.74) is -0.841. The van der Waals surface area contributed by atoms with Crippen LogP contribution in [0.5, 0.6) is 0 Å². The number of carbonyl (C=O) groups excluding carboxylic acids is 2. The molecule has 92 valence electrons. The normalized spacial score (nSPS) is 23.6. The molecule has 0 amide bonds. The number of carbonyl (C=O) groups is 2. The van der Waals surface area contributed by atoms with Crippen molar-refractivity contribution in [2.24, 2.45) is 0 Å². The summed E-state index contributed by atoms with van der Waals surface area (Å²) in [5, 5.41) is 5.07. The van der Waals surface area contributed by atoms with Gasteiger partial charge in [-0.1, -0.05) is 6.07 Å². The van der Waals surface area contributed by atoms with Crippen LogP contribution < -0.4 is 5.32 Å². The number of ether oxygens (including phenoxy) is 1. The van der Waals surface area contributed by atoms with Gasteiger partial charge in [-0.3, -0.25) is 10.1 Å². The SMILES string of the molecule is O=C(CS)OC(=O)[C@]1(c2cccs2)CCCN1. The zero-order valence-electron chi connectivity index (χ0n) is 9.14. The second kappa shape index (κ2) is 5.20. The molecule has 6 heteroatoms. The Bertz CT molecular complexity index is 410. The van der Waals surface area contributed by atoms with Crippen molar-refractivity contribution in [2.75, 3.05) is 12.3 Å². The van der Waals surface area contributed by atoms with Crippen LogP contribution in [-0.4, -0.2) is 24.2 Å². The van der Waals surface area contributed by atoms with Crippen LogP contribution in [0.15, 0.2) is 17.5 Å². The minimum atomic E-state index is -0.841. The molecule has 1 N–H and O–H groups in total. The molecule has 2 heterocycles. The van der Waals surface area contributed by atoms with Gasteiger partial charge in [-0.15, -0.1) is 11.3 Å². The lowest BCUT2D eigenvalue weighted by atomic mass is 9.95. The van der Waals surface area contributed by atoms with E-state index in [2.05, 4.69) is 17.9 Å². The number of thiol groups is 1. The molecule has 1 aromatic rings. The molecule has 1 aliphatic rings. The summed E-state index contributed by atoms with van der Waals surface area (Å²) < 4.78 is 4.80. The van der Waals surface area contributed by atoms with E-state index < -0.39 is 17.5 Å². The van der Waals surface area contributed by atoms with E-state index in [1.807, 2.05) is 17.5 Å². The van der Waals surface area contributed by atoms with Gasteiger partial charge in [0.05, 0.1) is 5.75 Å². The molecule has 0 spiro atoms. The molecule has 17 heavy (non-hydrogen) atoms. The molecule has 0 radical (unpaired) electrons. The van der Waals surface area contributed by atoms with E-state index in [9.17, 15) is 9.59 Å². The number of hydrogen-bond donors (Lipinski definition) is 2. The zero-order chi connectivity index (χ0) is 12.3. The third-order valence-corrected chi connectivity index (χ3v) is 4.07. The van der Waals surface area contributed by atoms with Crippen LogP contribution in [0.2, 0.25) is 0 Å². The molecule has 1 saturated heterocycles. The Morgan fingerprint density at radius 1 is 1.59 bits per heavy atom. The third-order valence-electron chi connectivity index (χ3n) is 2.78. The van der Waals surface area contributed by atoms with Gasteiger partial charge in [-0.25, -0.2) is 4.79 Å². The van der Waals surface area contributed by atoms with Crippen LogP contribution in [0.1, 0.15) is 17.7 Å². The predicted molar refractivity (Wildman–Crippen MR) is 68.2 cm³/mol. The van der Waals surface area contributed by atoms with Gasteiger partial charge in [-0.05, 0) is 30.8 Å². The molecular formula is C11H13NO3S2. The highest BCUT2D eigenvalue weighted by atomic mass is 32.1. The standard InChI is InChI=1S/C11H13NO3S2/c13-9(7-16)15-10(14)11(4-2-5-12-11)8-3-1-6-17-8/h1,3,6,12,16H,2,4-5,7H2/t11-/m1/s1. The Labute approximate surface area is 109 Å². The minimum Gasteiger partial charge on any atom is -0.391 e. The van der Waals surface area contributed by atoms with Gasteiger partial charge in [0.1, 0.15) is 0 Å². The maximum Gasteiger partial charge on any atom is 0.339 e. The van der Waals surface area contributed by atoms with Crippen molar-refractivity contribution in [3.63, 3.8) is 0 Å². The van der Waals surface area contributed by atoms with Gasteiger partial charge in [-0.2, -0.15) is 12.6 Å². The first-order chi connectivity index (χ1) is 8.19. The molecule has 1 aliphatic heterocycles. The van der Waals surface area contributed by atoms with E-state index in [1.165, 1.54) is 11.3 Å². The smallest absolute Gasteiger partial charge is 0.339 e. The van der Waals surface area contributed by atoms with E-state index in [-0.39, 0.29) is 5.75 Å². The van der Waals surface area contributed by atoms with Gasteiger partial charge in [0.25, 0.3) is 0 Å². The van der Waals surface area contributed by atoms with Gasteiger partial charge in [0.2, 0.25) is 0 Å². The lowest BCUT2D eigenvalue weighted by Gasteiger charge is -2.25. The quantitative estimate of drug-likeness (QED) is 0.495. The van der Waals surface area contributed by atoms with E-state index >= 15 is 0 Å². The highest BCUT2D eigenvalue weighted by molar-refractivity contribution is 7.81. The van der Waals surface area contributed by atoms with E-state index in [4.69, 9.17) is 4.74 Å². The van der Waals surface area contributed by atoms with Crippen LogP contribution in [0.25, 0.3) is 0 Å². The molecule has 0 unspecified atom stereocenters. The second-order valence-electron chi connectivity index (χ2n) is 3.83. The summed E-state index contributed by atoms with van der Waals surface area (Å²) >= 11 is 5.28. The Morgan fingerprint density at radius 2 is 2.41 bits per heavy atom. The Hall–Kier alpha value is -0.850. The largest absolute Gasteiger partial charge is 0.391 e. The average Bonchev–Trinajstić information content (AvgIpc) is 2.99. The molecule has 0 aromatic carbocycles. The molecule has 0 saturated carbocycles. The van der Waals surface area contributed by atoms with Gasteiger partial charge in [0.15, 0.2) is 5.54 Å². The first-order valence-electron chi connectivity index (χ1n) is 5.34. The Kier molecular flexibility index (Phi) is 3.86. The second-order valence-corrected chi connectivity index (χ2v) is 5.10. The van der Waals surface area contributed by atoms with E-state index in [0.717, 1.165) is 17.8 Å². The lowest BCUT2D eigenvalue weighted by molar-refractivity contribution is -0.162. The summed E-state index contributed by atoms with van der Waals surface area (Å²) in [6.07, 6.45) is 1.55. The summed E-state index contributed by atoms with van der Waals surface area (Å²) in [6, 6.07) is 3.77. The zero-order valence-corrected chi connectivity index (χ0v) is 10.9. The summed E-state index contributed by atoms with van der Waals surface area (Å²) in [5.74, 6) is -1.22. The van der Waals surface area contributed by atoms with Gasteiger partial charge < -0.3 is 4.74 Å². The first-order valence-corrected chi connectivity index (χ1v) is 6.85. The molecule has 1 atom stereocenters. The highest BCUT2D eigenvalue weighted by Gasteiger charge is 2.45. The van der Waals surface area contributed by atoms with Crippen molar-refractivity contribution in [1.82, 2.24) is 5.32 Å².